The molecule has 0 aliphatic rings. The first-order valence-electron chi connectivity index (χ1n) is 30.9. The average molecular weight is 1150 g/mol. The van der Waals surface area contributed by atoms with Gasteiger partial charge in [0.15, 0.2) is 6.10 Å². The minimum atomic E-state index is -0.890. The van der Waals surface area contributed by atoms with Crippen molar-refractivity contribution in [3.63, 3.8) is 0 Å². The highest BCUT2D eigenvalue weighted by molar-refractivity contribution is 8.13. The Labute approximate surface area is 486 Å². The summed E-state index contributed by atoms with van der Waals surface area (Å²) in [5.74, 6) is -0.303. The molecule has 1 atom stereocenters. The summed E-state index contributed by atoms with van der Waals surface area (Å²) in [7, 11) is 5.49. The first kappa shape index (κ1) is 81.9. The molecule has 0 aromatic carbocycles. The van der Waals surface area contributed by atoms with Crippen LogP contribution >= 0.6 is 11.8 Å². The number of hydrogen-bond donors (Lipinski definition) is 0. The Kier molecular flexibility index (Phi) is 69.4. The van der Waals surface area contributed by atoms with Crippen molar-refractivity contribution in [2.24, 2.45) is 0 Å². The molecule has 1 amide bonds. The van der Waals surface area contributed by atoms with Gasteiger partial charge in [0.05, 0.1) is 0 Å². The highest BCUT2D eigenvalue weighted by Crippen LogP contribution is 2.15. The van der Waals surface area contributed by atoms with E-state index >= 15 is 0 Å². The Hall–Kier alpha value is -3.57. The van der Waals surface area contributed by atoms with Gasteiger partial charge in [-0.2, -0.15) is 0 Å². The number of esters is 4. The lowest BCUT2D eigenvalue weighted by Gasteiger charge is -2.22. The number of carbonyl (C=O) groups is 8. The topological polar surface area (TPSA) is 198 Å². The Morgan fingerprint density at radius 3 is 1.20 bits per heavy atom. The second kappa shape index (κ2) is 66.9. The summed E-state index contributed by atoms with van der Waals surface area (Å²) >= 11 is 1.24. The lowest BCUT2D eigenvalue weighted by atomic mass is 10.1. The van der Waals surface area contributed by atoms with Crippen molar-refractivity contribution in [3.05, 3.63) is 0 Å². The maximum absolute atomic E-state index is 12.6. The van der Waals surface area contributed by atoms with E-state index in [1.807, 2.05) is 14.1 Å². The summed E-state index contributed by atoms with van der Waals surface area (Å²) in [5.41, 5.74) is 0. The van der Waals surface area contributed by atoms with Gasteiger partial charge >= 0.3 is 23.9 Å². The van der Waals surface area contributed by atoms with Gasteiger partial charge < -0.3 is 47.8 Å². The minimum Gasteiger partial charge on any atom is -0.464 e. The molecule has 1 unspecified atom stereocenters. The maximum atomic E-state index is 12.6. The summed E-state index contributed by atoms with van der Waals surface area (Å²) in [5, 5.41) is -0.0723. The minimum absolute atomic E-state index is 0.0473. The van der Waals surface area contributed by atoms with Crippen molar-refractivity contribution in [1.82, 2.24) is 9.80 Å². The SMILES string of the molecule is CCCCCCC.CCCCCCCC(=O)OCC(COC(=O)CCCCCCC)OC.CCCCCCCC(=O)OCC(COC=O)OC(=O)CCCN(CCCC=O)C(=O)SCCCN(C)C.CCCCCCCC(C)=O. The van der Waals surface area contributed by atoms with Crippen molar-refractivity contribution >= 4 is 59.4 Å². The molecule has 466 valence electrons. The normalized spacial score (nSPS) is 10.9. The predicted molar refractivity (Wildman–Crippen MR) is 321 cm³/mol. The van der Waals surface area contributed by atoms with Crippen LogP contribution in [-0.4, -0.2) is 143 Å². The van der Waals surface area contributed by atoms with Gasteiger partial charge in [0.25, 0.3) is 11.7 Å². The summed E-state index contributed by atoms with van der Waals surface area (Å²) in [6, 6.07) is 0. The van der Waals surface area contributed by atoms with Gasteiger partial charge in [-0.25, -0.2) is 0 Å². The lowest BCUT2D eigenvalue weighted by molar-refractivity contribution is -0.164. The van der Waals surface area contributed by atoms with Crippen LogP contribution in [0.25, 0.3) is 0 Å². The van der Waals surface area contributed by atoms with E-state index in [4.69, 9.17) is 28.4 Å². The average Bonchev–Trinajstić information content (AvgIpc) is 3.42. The maximum Gasteiger partial charge on any atom is 0.306 e. The number of methoxy groups -OCH3 is 1. The fraction of sp³-hybridized carbons (Fsp3) is 0.871. The van der Waals surface area contributed by atoms with Gasteiger partial charge in [0.1, 0.15) is 44.6 Å². The van der Waals surface area contributed by atoms with Crippen LogP contribution in [0.1, 0.15) is 267 Å². The molecule has 0 aromatic rings. The standard InChI is InChI=1S/C26H46N2O8S.C20H38O5.C9H18O.C7H16/c1-4-5-6-7-8-13-24(31)35-21-23(20-34-22-30)36-25(32)14-11-17-28(16-9-10-18-29)26(33)37-19-12-15-27(2)3;1-4-6-8-10-12-14-19(21)24-16-18(23-3)17-25-20(22)15-13-11-9-7-5-2;1-3-4-5-6-7-8-9(2)10;1-3-5-7-6-4-2/h18,22-23H,4-17,19-21H2,1-3H3;18H,4-17H2,1-3H3;3-8H2,1-2H3;3-7H2,1-2H3. The van der Waals surface area contributed by atoms with Gasteiger partial charge in [-0.15, -0.1) is 0 Å². The number of nitrogens with zero attached hydrogens (tertiary/aromatic N) is 2. The number of hydrogen-bond acceptors (Lipinski definition) is 16. The number of rotatable bonds is 51. The summed E-state index contributed by atoms with van der Waals surface area (Å²) in [4.78, 5) is 95.7. The molecule has 0 N–H and O–H groups in total. The number of carbonyl (C=O) groups excluding carboxylic acids is 8. The van der Waals surface area contributed by atoms with Crippen LogP contribution in [0, 0.1) is 0 Å². The number of ether oxygens (including phenoxy) is 6. The van der Waals surface area contributed by atoms with E-state index in [1.54, 1.807) is 11.8 Å². The van der Waals surface area contributed by atoms with Gasteiger partial charge in [-0.1, -0.05) is 188 Å². The largest absolute Gasteiger partial charge is 0.464 e. The number of Topliss-reactive ketones (excluding diaryl/α,β-unsaturated/α-hetero) is 1. The molecule has 0 aromatic heterocycles. The molecular formula is C62H118N2O14S. The molecule has 79 heavy (non-hydrogen) atoms. The zero-order valence-corrected chi connectivity index (χ0v) is 52.8. The van der Waals surface area contributed by atoms with Crippen LogP contribution < -0.4 is 0 Å². The second-order valence-corrected chi connectivity index (χ2v) is 21.6. The predicted octanol–water partition coefficient (Wildman–Crippen LogP) is 14.6. The molecule has 0 heterocycles. The molecule has 0 saturated heterocycles. The number of aldehydes is 1. The molecule has 17 heteroatoms. The quantitative estimate of drug-likeness (QED) is 0.0241. The fourth-order valence-electron chi connectivity index (χ4n) is 7.44. The summed E-state index contributed by atoms with van der Waals surface area (Å²) in [6.07, 6.45) is 33.0. The fourth-order valence-corrected chi connectivity index (χ4v) is 8.26. The van der Waals surface area contributed by atoms with Gasteiger partial charge in [-0.3, -0.25) is 28.8 Å². The Bertz CT molecular complexity index is 1390. The molecule has 0 fully saturated rings. The van der Waals surface area contributed by atoms with Crippen molar-refractivity contribution in [1.29, 1.82) is 0 Å². The highest BCUT2D eigenvalue weighted by Gasteiger charge is 2.20. The Morgan fingerprint density at radius 2 is 0.823 bits per heavy atom. The van der Waals surface area contributed by atoms with Gasteiger partial charge in [0, 0.05) is 64.5 Å². The van der Waals surface area contributed by atoms with Crippen molar-refractivity contribution in [3.8, 4) is 0 Å². The molecule has 0 aliphatic carbocycles. The monoisotopic (exact) mass is 1150 g/mol. The summed E-state index contributed by atoms with van der Waals surface area (Å²) in [6.45, 7) is 16.6. The van der Waals surface area contributed by atoms with Crippen LogP contribution in [0.4, 0.5) is 4.79 Å². The zero-order chi connectivity index (χ0) is 59.8. The zero-order valence-electron chi connectivity index (χ0n) is 52.0. The van der Waals surface area contributed by atoms with E-state index in [1.165, 1.54) is 115 Å². The highest BCUT2D eigenvalue weighted by atomic mass is 32.2. The molecule has 0 aliphatic heterocycles. The van der Waals surface area contributed by atoms with Crippen LogP contribution in [0.3, 0.4) is 0 Å². The van der Waals surface area contributed by atoms with Crippen LogP contribution in [0.5, 0.6) is 0 Å². The van der Waals surface area contributed by atoms with Crippen LogP contribution in [0.2, 0.25) is 0 Å². The summed E-state index contributed by atoms with van der Waals surface area (Å²) < 4.78 is 30.9. The van der Waals surface area contributed by atoms with Crippen molar-refractivity contribution in [2.75, 3.05) is 73.0 Å². The molecule has 0 bridgehead atoms. The molecule has 0 rings (SSSR count). The van der Waals surface area contributed by atoms with E-state index in [0.717, 1.165) is 89.9 Å². The van der Waals surface area contributed by atoms with E-state index in [2.05, 4.69) is 46.4 Å². The first-order valence-corrected chi connectivity index (χ1v) is 31.9. The van der Waals surface area contributed by atoms with Gasteiger partial charge in [-0.05, 0) is 72.5 Å². The number of unbranched alkanes of at least 4 members (excludes halogenated alkanes) is 21. The van der Waals surface area contributed by atoms with E-state index in [0.29, 0.717) is 63.2 Å². The van der Waals surface area contributed by atoms with Crippen LogP contribution in [-0.2, 0) is 62.0 Å². The third kappa shape index (κ3) is 68.6. The third-order valence-corrected chi connectivity index (χ3v) is 13.4. The number of thioether (sulfide) groups is 1. The molecule has 16 nitrogen and oxygen atoms in total. The van der Waals surface area contributed by atoms with E-state index < -0.39 is 18.2 Å². The third-order valence-electron chi connectivity index (χ3n) is 12.4. The van der Waals surface area contributed by atoms with Crippen LogP contribution in [0.15, 0.2) is 0 Å². The second-order valence-electron chi connectivity index (χ2n) is 20.5. The van der Waals surface area contributed by atoms with Crippen molar-refractivity contribution < 1.29 is 66.8 Å². The number of ketones is 1. The smallest absolute Gasteiger partial charge is 0.306 e. The van der Waals surface area contributed by atoms with E-state index in [9.17, 15) is 38.4 Å². The molecule has 0 spiro atoms. The Balaban J connectivity index is -0.000000568. The van der Waals surface area contributed by atoms with Crippen molar-refractivity contribution in [2.45, 2.75) is 279 Å². The molecule has 0 saturated carbocycles. The lowest BCUT2D eigenvalue weighted by Crippen LogP contribution is -2.32. The number of amides is 1. The van der Waals surface area contributed by atoms with E-state index in [-0.39, 0.29) is 62.5 Å². The molecule has 0 radical (unpaired) electrons. The van der Waals surface area contributed by atoms with Gasteiger partial charge in [0.2, 0.25) is 0 Å². The Morgan fingerprint density at radius 1 is 0.443 bits per heavy atom. The molecular weight excluding hydrogens is 1030 g/mol. The first-order chi connectivity index (χ1) is 38.2.